The maximum atomic E-state index is 15.6. The van der Waals surface area contributed by atoms with Gasteiger partial charge in [-0.15, -0.1) is 0 Å². The van der Waals surface area contributed by atoms with Crippen LogP contribution in [0.15, 0.2) is 36.4 Å². The highest BCUT2D eigenvalue weighted by Crippen LogP contribution is 2.44. The van der Waals surface area contributed by atoms with Crippen LogP contribution in [0.4, 0.5) is 20.2 Å². The molecule has 0 bridgehead atoms. The lowest BCUT2D eigenvalue weighted by Gasteiger charge is -2.37. The highest BCUT2D eigenvalue weighted by molar-refractivity contribution is 6.07. The zero-order valence-corrected chi connectivity index (χ0v) is 50.7. The Morgan fingerprint density at radius 3 is 1.25 bits per heavy atom. The molecular weight excluding hydrogens is 1090 g/mol. The van der Waals surface area contributed by atoms with Gasteiger partial charge < -0.3 is 58.0 Å². The first-order valence-electron chi connectivity index (χ1n) is 28.7. The van der Waals surface area contributed by atoms with E-state index in [0.29, 0.717) is 117 Å². The van der Waals surface area contributed by atoms with Gasteiger partial charge in [0.05, 0.1) is 89.4 Å². The van der Waals surface area contributed by atoms with E-state index in [0.717, 1.165) is 22.5 Å². The molecular formula is C64H92F2N8O11. The summed E-state index contributed by atoms with van der Waals surface area (Å²) in [5, 5.41) is 28.6. The summed E-state index contributed by atoms with van der Waals surface area (Å²) in [6.07, 6.45) is 0. The van der Waals surface area contributed by atoms with Crippen molar-refractivity contribution in [3.8, 4) is 34.5 Å². The molecule has 0 radical (unpaired) electrons. The molecule has 4 aromatic carbocycles. The Bertz CT molecular complexity index is 3050. The van der Waals surface area contributed by atoms with Crippen molar-refractivity contribution in [3.63, 3.8) is 0 Å². The van der Waals surface area contributed by atoms with Gasteiger partial charge in [0, 0.05) is 87.7 Å². The molecule has 0 spiro atoms. The molecule has 21 heteroatoms. The average Bonchev–Trinajstić information content (AvgIpc) is 2.32. The third-order valence-electron chi connectivity index (χ3n) is 15.0. The second-order valence-electron chi connectivity index (χ2n) is 22.8. The predicted octanol–water partition coefficient (Wildman–Crippen LogP) is 10.4. The molecule has 4 aromatic rings. The van der Waals surface area contributed by atoms with E-state index < -0.39 is 11.6 Å². The molecule has 0 amide bonds. The van der Waals surface area contributed by atoms with E-state index >= 15 is 8.78 Å². The number of amidine groups is 2. The number of hydroxylamine groups is 2. The van der Waals surface area contributed by atoms with Crippen LogP contribution in [0.1, 0.15) is 145 Å². The number of ether oxygens (including phenoxy) is 7. The summed E-state index contributed by atoms with van der Waals surface area (Å²) in [4.78, 5) is 49.1. The number of methoxy groups -OCH3 is 2. The lowest BCUT2D eigenvalue weighted by molar-refractivity contribution is -0.144. The molecule has 4 heterocycles. The minimum Gasteiger partial charge on any atom is -0.494 e. The smallest absolute Gasteiger partial charge is 0.320 e. The van der Waals surface area contributed by atoms with Gasteiger partial charge in [0.1, 0.15) is 23.2 Å². The van der Waals surface area contributed by atoms with Gasteiger partial charge in [0.15, 0.2) is 46.2 Å². The molecule has 19 nitrogen and oxygen atoms in total. The number of halogens is 2. The number of anilines is 2. The zero-order valence-electron chi connectivity index (χ0n) is 50.7. The number of rotatable bonds is 21. The Morgan fingerprint density at radius 1 is 0.529 bits per heavy atom. The number of benzene rings is 4. The minimum absolute atomic E-state index is 0. The van der Waals surface area contributed by atoms with Gasteiger partial charge in [-0.3, -0.25) is 30.1 Å². The van der Waals surface area contributed by atoms with Gasteiger partial charge in [-0.25, -0.2) is 8.78 Å². The van der Waals surface area contributed by atoms with Crippen molar-refractivity contribution in [2.75, 3.05) is 129 Å². The number of carbonyl (C=O) groups is 3. The number of Topliss-reactive ketones (excluding diaryl/α,β-unsaturated/α-hetero) is 2. The number of hydrogen-bond acceptors (Lipinski definition) is 17. The molecule has 2 saturated heterocycles. The number of nitrogens with zero attached hydrogens (tertiary/aromatic N) is 6. The van der Waals surface area contributed by atoms with Crippen LogP contribution in [-0.2, 0) is 33.5 Å². The van der Waals surface area contributed by atoms with E-state index in [1.165, 1.54) is 5.06 Å². The highest BCUT2D eigenvalue weighted by atomic mass is 19.1. The number of fused-ring (bicyclic) bond motifs is 2. The molecule has 3 N–H and O–H groups in total. The molecule has 4 aliphatic heterocycles. The Labute approximate surface area is 501 Å². The van der Waals surface area contributed by atoms with Gasteiger partial charge in [-0.2, -0.15) is 5.06 Å². The van der Waals surface area contributed by atoms with Crippen molar-refractivity contribution in [1.29, 1.82) is 10.8 Å². The van der Waals surface area contributed by atoms with Gasteiger partial charge in [-0.1, -0.05) is 56.4 Å². The number of hydrogen-bond donors (Lipinski definition) is 3. The number of carbonyl (C=O) groups excluding carboxylic acids is 3. The Morgan fingerprint density at radius 2 is 0.906 bits per heavy atom. The fourth-order valence-electron chi connectivity index (χ4n) is 10.9. The lowest BCUT2D eigenvalue weighted by atomic mass is 9.84. The molecule has 0 aliphatic carbocycles. The monoisotopic (exact) mass is 1190 g/mol. The topological polar surface area (TPSA) is 203 Å². The van der Waals surface area contributed by atoms with Crippen molar-refractivity contribution in [2.45, 2.75) is 115 Å². The fraction of sp³-hybridized carbons (Fsp3) is 0.547. The van der Waals surface area contributed by atoms with Crippen LogP contribution >= 0.6 is 0 Å². The van der Waals surface area contributed by atoms with Crippen molar-refractivity contribution < 1.29 is 61.5 Å². The summed E-state index contributed by atoms with van der Waals surface area (Å²) in [6.45, 7) is 28.1. The maximum absolute atomic E-state index is 15.6. The first-order valence-corrected chi connectivity index (χ1v) is 28.7. The first kappa shape index (κ1) is 68.5. The lowest BCUT2D eigenvalue weighted by Crippen LogP contribution is -2.48. The fourth-order valence-corrected chi connectivity index (χ4v) is 10.9. The largest absolute Gasteiger partial charge is 0.494 e. The van der Waals surface area contributed by atoms with Crippen molar-refractivity contribution in [3.05, 3.63) is 92.5 Å². The third-order valence-corrected chi connectivity index (χ3v) is 15.0. The number of ketones is 2. The van der Waals surface area contributed by atoms with Crippen LogP contribution in [0, 0.1) is 22.5 Å². The second-order valence-corrected chi connectivity index (χ2v) is 22.8. The van der Waals surface area contributed by atoms with Gasteiger partial charge >= 0.3 is 5.97 Å². The number of nitrogens with one attached hydrogen (secondary N) is 2. The van der Waals surface area contributed by atoms with E-state index in [1.54, 1.807) is 56.9 Å². The highest BCUT2D eigenvalue weighted by Gasteiger charge is 2.37. The number of piperazine rings is 2. The maximum Gasteiger partial charge on any atom is 0.320 e. The summed E-state index contributed by atoms with van der Waals surface area (Å²) in [6, 6.07) is 10.8. The Balaban J connectivity index is 0.000000305. The molecule has 0 atom stereocenters. The normalized spacial score (nSPS) is 15.2. The van der Waals surface area contributed by atoms with Crippen LogP contribution in [0.5, 0.6) is 34.5 Å². The van der Waals surface area contributed by atoms with Crippen molar-refractivity contribution in [2.24, 2.45) is 0 Å². The first-order chi connectivity index (χ1) is 39.4. The number of esters is 1. The Hall–Kier alpha value is -7.23. The van der Waals surface area contributed by atoms with E-state index in [4.69, 9.17) is 44.0 Å². The molecule has 0 aromatic heterocycles. The van der Waals surface area contributed by atoms with E-state index in [9.17, 15) is 19.6 Å². The molecule has 468 valence electrons. The Kier molecular flexibility index (Phi) is 23.6. The predicted molar refractivity (Wildman–Crippen MR) is 328 cm³/mol. The van der Waals surface area contributed by atoms with E-state index in [1.807, 2.05) is 38.1 Å². The SMILES string of the molecule is C.C.CCOC(=O)CN1CCN(c2cc(C(=O)CN3Cc4cc(OCC)c(OCC)c(F)c4C3=N)cc(C(C)(C)C)c2OC)CC1.CCOc1cc2c(c(F)c1OCC)C(=N)N(CC(=O)c1cc(N3CCN(O)CC3)c(OC)c(C(C)(C)C)c1)C2. The van der Waals surface area contributed by atoms with E-state index in [2.05, 4.69) is 56.2 Å². The van der Waals surface area contributed by atoms with Gasteiger partial charge in [0.2, 0.25) is 0 Å². The van der Waals surface area contributed by atoms with Crippen molar-refractivity contribution >= 4 is 40.6 Å². The van der Waals surface area contributed by atoms with E-state index in [-0.39, 0.29) is 123 Å². The molecule has 0 unspecified atom stereocenters. The standard InChI is InChI=1S/C33H45FN4O6.C29H39FN4O5.2CH4/c1-8-42-26-17-22-18-38(32(35)28(22)29(34)31(26)44-10-3)19-25(39)21-15-23(33(4,5)6)30(41-7)24(16-21)37-13-11-36(12-14-37)20-27(40)43-9-2;1-7-38-23-15-19-16-33(28(31)24(19)25(30)27(23)39-8-2)17-22(35)18-13-20(29(3,4)5)26(37-6)21(14-18)32-9-11-34(36)12-10-32;;/h15-17,35H,8-14,18-20H2,1-7H3;13-15,31,36H,7-12,16-17H2,1-6H3;2*1H4. The molecule has 0 saturated carbocycles. The van der Waals surface area contributed by atoms with Crippen LogP contribution < -0.4 is 38.2 Å². The van der Waals surface area contributed by atoms with Crippen LogP contribution in [0.2, 0.25) is 0 Å². The van der Waals surface area contributed by atoms with Crippen LogP contribution in [0.25, 0.3) is 0 Å². The van der Waals surface area contributed by atoms with Gasteiger partial charge in [-0.05, 0) is 93.0 Å². The average molecular weight is 1190 g/mol. The quantitative estimate of drug-likeness (QED) is 0.0524. The van der Waals surface area contributed by atoms with Crippen molar-refractivity contribution in [1.82, 2.24) is 19.8 Å². The molecule has 2 fully saturated rings. The minimum atomic E-state index is -0.642. The van der Waals surface area contributed by atoms with Crippen LogP contribution in [-0.4, -0.2) is 173 Å². The third kappa shape index (κ3) is 15.2. The second kappa shape index (κ2) is 29.2. The summed E-state index contributed by atoms with van der Waals surface area (Å²) in [7, 11) is 3.26. The van der Waals surface area contributed by atoms with Gasteiger partial charge in [0.25, 0.3) is 0 Å². The zero-order chi connectivity index (χ0) is 60.7. The summed E-state index contributed by atoms with van der Waals surface area (Å²) < 4.78 is 70.2. The molecule has 4 aliphatic rings. The van der Waals surface area contributed by atoms with Crippen LogP contribution in [0.3, 0.4) is 0 Å². The summed E-state index contributed by atoms with van der Waals surface area (Å²) >= 11 is 0. The molecule has 85 heavy (non-hydrogen) atoms. The summed E-state index contributed by atoms with van der Waals surface area (Å²) in [5.74, 6) is 0.00363. The molecule has 8 rings (SSSR count). The summed E-state index contributed by atoms with van der Waals surface area (Å²) in [5.41, 5.74) is 5.21.